The number of nitrogens with one attached hydrogen (secondary N) is 1. The summed E-state index contributed by atoms with van der Waals surface area (Å²) in [5, 5.41) is 12.3. The first-order chi connectivity index (χ1) is 5.75. The minimum atomic E-state index is -4.70. The van der Waals surface area contributed by atoms with Gasteiger partial charge in [0.15, 0.2) is 6.09 Å². The van der Waals surface area contributed by atoms with Crippen LogP contribution >= 0.6 is 0 Å². The van der Waals surface area contributed by atoms with Crippen LogP contribution in [0.4, 0.5) is 18.0 Å². The summed E-state index contributed by atoms with van der Waals surface area (Å²) in [5.74, 6) is -1.35. The van der Waals surface area contributed by atoms with Crippen molar-refractivity contribution in [3.8, 4) is 0 Å². The van der Waals surface area contributed by atoms with Crippen molar-refractivity contribution in [3.63, 3.8) is 0 Å². The number of nitrogens with zero attached hydrogens (tertiary/aromatic N) is 2. The Morgan fingerprint density at radius 2 is 1.92 bits per heavy atom. The van der Waals surface area contributed by atoms with Crippen molar-refractivity contribution in [3.05, 3.63) is 0 Å². The molecular formula is C5H7F3N3O2-. The van der Waals surface area contributed by atoms with Crippen LogP contribution in [-0.2, 0) is 0 Å². The van der Waals surface area contributed by atoms with E-state index >= 15 is 0 Å². The predicted molar refractivity (Wildman–Crippen MR) is 35.7 cm³/mol. The van der Waals surface area contributed by atoms with Gasteiger partial charge < -0.3 is 14.8 Å². The van der Waals surface area contributed by atoms with Crippen LogP contribution in [0.5, 0.6) is 0 Å². The molecule has 8 heteroatoms. The number of hydrogen-bond acceptors (Lipinski definition) is 3. The topological polar surface area (TPSA) is 67.8 Å². The highest BCUT2D eigenvalue weighted by Crippen LogP contribution is 2.17. The van der Waals surface area contributed by atoms with Gasteiger partial charge in [-0.1, -0.05) is 0 Å². The normalized spacial score (nSPS) is 12.5. The molecule has 76 valence electrons. The molecule has 0 fully saturated rings. The van der Waals surface area contributed by atoms with Crippen molar-refractivity contribution in [2.45, 2.75) is 6.18 Å². The molecule has 5 nitrogen and oxygen atoms in total. The highest BCUT2D eigenvalue weighted by Gasteiger charge is 2.37. The molecule has 0 aromatic heterocycles. The molecule has 0 aliphatic rings. The fourth-order valence-corrected chi connectivity index (χ4v) is 0.516. The molecule has 0 heterocycles. The second-order valence-electron chi connectivity index (χ2n) is 2.23. The van der Waals surface area contributed by atoms with Crippen molar-refractivity contribution < 1.29 is 23.1 Å². The monoisotopic (exact) mass is 198 g/mol. The number of hydrogen-bond donors (Lipinski definition) is 1. The molecule has 0 atom stereocenters. The number of carbonyl (C=O) groups excluding carboxylic acids is 1. The third-order valence-electron chi connectivity index (χ3n) is 0.930. The van der Waals surface area contributed by atoms with Crippen LogP contribution in [0.3, 0.4) is 0 Å². The number of hydrazone groups is 1. The van der Waals surface area contributed by atoms with E-state index in [0.717, 1.165) is 14.1 Å². The van der Waals surface area contributed by atoms with Crippen LogP contribution in [0.1, 0.15) is 0 Å². The van der Waals surface area contributed by atoms with Gasteiger partial charge in [-0.15, -0.1) is 0 Å². The van der Waals surface area contributed by atoms with Crippen molar-refractivity contribution >= 4 is 11.9 Å². The number of carboxylic acid groups (broad SMARTS) is 1. The number of halogens is 3. The fraction of sp³-hybridized carbons (Fsp3) is 0.600. The smallest absolute Gasteiger partial charge is 0.451 e. The molecule has 0 spiro atoms. The molecule has 1 amide bonds. The Balaban J connectivity index is 4.62. The first-order valence-electron chi connectivity index (χ1n) is 3.04. The molecule has 1 N–H and O–H groups in total. The first kappa shape index (κ1) is 11.5. The van der Waals surface area contributed by atoms with Gasteiger partial charge in [0.2, 0.25) is 5.84 Å². The Morgan fingerprint density at radius 1 is 1.46 bits per heavy atom. The van der Waals surface area contributed by atoms with Crippen LogP contribution in [0.15, 0.2) is 5.10 Å². The molecule has 0 aromatic carbocycles. The lowest BCUT2D eigenvalue weighted by molar-refractivity contribution is -0.250. The van der Waals surface area contributed by atoms with Crippen LogP contribution < -0.4 is 10.5 Å². The molecule has 0 aromatic rings. The summed E-state index contributed by atoms with van der Waals surface area (Å²) in [6, 6.07) is 0. The molecule has 13 heavy (non-hydrogen) atoms. The maximum absolute atomic E-state index is 12.0. The van der Waals surface area contributed by atoms with Crippen LogP contribution in [0.25, 0.3) is 0 Å². The fourth-order valence-electron chi connectivity index (χ4n) is 0.516. The van der Waals surface area contributed by atoms with Crippen LogP contribution in [-0.4, -0.2) is 37.1 Å². The van der Waals surface area contributed by atoms with Gasteiger partial charge in [-0.25, -0.2) is 0 Å². The summed E-state index contributed by atoms with van der Waals surface area (Å²) in [4.78, 5) is 10.4. The number of alkyl halides is 3. The van der Waals surface area contributed by atoms with Crippen molar-refractivity contribution in [2.24, 2.45) is 5.10 Å². The minimum Gasteiger partial charge on any atom is -0.529 e. The molecule has 0 unspecified atom stereocenters. The molecule has 0 saturated heterocycles. The molecule has 0 rings (SSSR count). The maximum atomic E-state index is 12.0. The molecule has 0 aliphatic heterocycles. The molecule has 0 bridgehead atoms. The lowest BCUT2D eigenvalue weighted by Crippen LogP contribution is -2.41. The summed E-state index contributed by atoms with van der Waals surface area (Å²) in [5.41, 5.74) is 1.17. The second-order valence-corrected chi connectivity index (χ2v) is 2.23. The molecule has 0 saturated carbocycles. The van der Waals surface area contributed by atoms with Gasteiger partial charge in [-0.2, -0.15) is 18.3 Å². The van der Waals surface area contributed by atoms with Crippen molar-refractivity contribution in [2.75, 3.05) is 14.1 Å². The van der Waals surface area contributed by atoms with E-state index in [-0.39, 0.29) is 0 Å². The van der Waals surface area contributed by atoms with E-state index in [0.29, 0.717) is 4.90 Å². The predicted octanol–water partition coefficient (Wildman–Crippen LogP) is -0.643. The van der Waals surface area contributed by atoms with E-state index in [1.165, 1.54) is 5.43 Å². The van der Waals surface area contributed by atoms with Gasteiger partial charge in [0, 0.05) is 14.1 Å². The zero-order chi connectivity index (χ0) is 10.6. The largest absolute Gasteiger partial charge is 0.529 e. The zero-order valence-electron chi connectivity index (χ0n) is 6.84. The molecular weight excluding hydrogens is 191 g/mol. The second kappa shape index (κ2) is 3.97. The first-order valence-corrected chi connectivity index (χ1v) is 3.04. The van der Waals surface area contributed by atoms with E-state index in [4.69, 9.17) is 0 Å². The third-order valence-corrected chi connectivity index (χ3v) is 0.930. The van der Waals surface area contributed by atoms with E-state index in [1.807, 2.05) is 0 Å². The Labute approximate surface area is 71.8 Å². The van der Waals surface area contributed by atoms with Gasteiger partial charge in [-0.3, -0.25) is 5.43 Å². The summed E-state index contributed by atoms with van der Waals surface area (Å²) >= 11 is 0. The maximum Gasteiger partial charge on any atom is 0.451 e. The average Bonchev–Trinajstić information content (AvgIpc) is 1.81. The standard InChI is InChI=1S/C5H8F3N3O2/c1-11(2)3(5(6,7)8)9-10-4(12)13/h10H,1-2H3,(H,12,13)/p-1. The number of amidine groups is 1. The Kier molecular flexibility index (Phi) is 3.52. The SMILES string of the molecule is CN(C)C(=NNC(=O)[O-])C(F)(F)F. The highest BCUT2D eigenvalue weighted by atomic mass is 19.4. The van der Waals surface area contributed by atoms with Crippen molar-refractivity contribution in [1.82, 2.24) is 10.3 Å². The summed E-state index contributed by atoms with van der Waals surface area (Å²) in [7, 11) is 2.17. The van der Waals surface area contributed by atoms with E-state index < -0.39 is 18.1 Å². The Hall–Kier alpha value is -1.47. The number of amides is 1. The van der Waals surface area contributed by atoms with E-state index in [1.54, 1.807) is 0 Å². The summed E-state index contributed by atoms with van der Waals surface area (Å²) < 4.78 is 36.0. The molecule has 0 aliphatic carbocycles. The van der Waals surface area contributed by atoms with E-state index in [2.05, 4.69) is 5.10 Å². The van der Waals surface area contributed by atoms with Gasteiger partial charge >= 0.3 is 6.18 Å². The van der Waals surface area contributed by atoms with Gasteiger partial charge in [0.1, 0.15) is 0 Å². The van der Waals surface area contributed by atoms with Gasteiger partial charge in [0.25, 0.3) is 0 Å². The Morgan fingerprint density at radius 3 is 2.15 bits per heavy atom. The third kappa shape index (κ3) is 4.19. The average molecular weight is 198 g/mol. The lowest BCUT2D eigenvalue weighted by atomic mass is 10.5. The quantitative estimate of drug-likeness (QED) is 0.346. The van der Waals surface area contributed by atoms with Gasteiger partial charge in [0.05, 0.1) is 0 Å². The van der Waals surface area contributed by atoms with Crippen LogP contribution in [0.2, 0.25) is 0 Å². The van der Waals surface area contributed by atoms with E-state index in [9.17, 15) is 23.1 Å². The zero-order valence-corrected chi connectivity index (χ0v) is 6.84. The minimum absolute atomic E-state index is 0.635. The summed E-state index contributed by atoms with van der Waals surface area (Å²) in [6.45, 7) is 0. The van der Waals surface area contributed by atoms with Crippen LogP contribution in [0, 0.1) is 0 Å². The lowest BCUT2D eigenvalue weighted by Gasteiger charge is -2.17. The highest BCUT2D eigenvalue weighted by molar-refractivity contribution is 5.87. The van der Waals surface area contributed by atoms with Crippen molar-refractivity contribution in [1.29, 1.82) is 0 Å². The molecule has 0 radical (unpaired) electrons. The van der Waals surface area contributed by atoms with Gasteiger partial charge in [-0.05, 0) is 0 Å². The number of rotatable bonds is 1. The number of carbonyl (C=O) groups is 1. The Bertz CT molecular complexity index is 224. The summed E-state index contributed by atoms with van der Waals surface area (Å²) in [6.07, 6.45) is -6.60.